The topological polar surface area (TPSA) is 80.4 Å². The van der Waals surface area contributed by atoms with Gasteiger partial charge in [0, 0.05) is 12.3 Å². The number of benzene rings is 1. The van der Waals surface area contributed by atoms with Crippen molar-refractivity contribution in [3.8, 4) is 0 Å². The van der Waals surface area contributed by atoms with E-state index in [1.807, 2.05) is 0 Å². The number of rotatable bonds is 4. The van der Waals surface area contributed by atoms with E-state index in [0.717, 1.165) is 0 Å². The second-order valence-electron chi connectivity index (χ2n) is 3.09. The molecule has 1 aromatic rings. The minimum Gasteiger partial charge on any atom is -0.399 e. The Kier molecular flexibility index (Phi) is 3.96. The third kappa shape index (κ3) is 3.09. The van der Waals surface area contributed by atoms with Crippen LogP contribution >= 0.6 is 11.6 Å². The van der Waals surface area contributed by atoms with Crippen LogP contribution in [0.25, 0.3) is 0 Å². The first-order valence-electron chi connectivity index (χ1n) is 4.36. The van der Waals surface area contributed by atoms with Gasteiger partial charge in [0.2, 0.25) is 0 Å². The van der Waals surface area contributed by atoms with Crippen LogP contribution < -0.4 is 5.73 Å². The van der Waals surface area contributed by atoms with E-state index in [0.29, 0.717) is 5.69 Å². The first-order valence-corrected chi connectivity index (χ1v) is 6.39. The van der Waals surface area contributed by atoms with Crippen molar-refractivity contribution in [1.82, 2.24) is 0 Å². The fourth-order valence-electron chi connectivity index (χ4n) is 1.13. The fourth-order valence-corrected chi connectivity index (χ4v) is 3.04. The average molecular weight is 250 g/mol. The van der Waals surface area contributed by atoms with Gasteiger partial charge in [-0.2, -0.15) is 0 Å². The molecular weight excluding hydrogens is 238 g/mol. The van der Waals surface area contributed by atoms with Crippen molar-refractivity contribution in [3.63, 3.8) is 0 Å². The Morgan fingerprint density at radius 2 is 2.07 bits per heavy atom. The molecule has 1 rings (SSSR count). The number of nitrogen functional groups attached to an aromatic ring is 1. The molecule has 0 bridgehead atoms. The number of aliphatic hydroxyl groups is 1. The van der Waals surface area contributed by atoms with Crippen LogP contribution in [0.5, 0.6) is 0 Å². The van der Waals surface area contributed by atoms with Gasteiger partial charge in [-0.1, -0.05) is 11.6 Å². The Bertz CT molecular complexity index is 445. The van der Waals surface area contributed by atoms with Crippen LogP contribution in [0.2, 0.25) is 5.02 Å². The lowest BCUT2D eigenvalue weighted by atomic mass is 10.3. The third-order valence-corrected chi connectivity index (χ3v) is 4.14. The molecule has 6 heteroatoms. The lowest BCUT2D eigenvalue weighted by Crippen LogP contribution is -2.09. The van der Waals surface area contributed by atoms with Crippen molar-refractivity contribution in [1.29, 1.82) is 0 Å². The van der Waals surface area contributed by atoms with Crippen LogP contribution in [0.4, 0.5) is 5.69 Å². The molecule has 0 unspecified atom stereocenters. The Balaban J connectivity index is 3.05. The number of sulfone groups is 1. The van der Waals surface area contributed by atoms with Crippen LogP contribution in [0.15, 0.2) is 23.1 Å². The van der Waals surface area contributed by atoms with E-state index < -0.39 is 9.84 Å². The highest BCUT2D eigenvalue weighted by atomic mass is 35.5. The molecule has 0 aromatic heterocycles. The molecule has 0 aliphatic rings. The second kappa shape index (κ2) is 4.83. The monoisotopic (exact) mass is 249 g/mol. The molecule has 0 aliphatic heterocycles. The molecule has 0 amide bonds. The predicted molar refractivity (Wildman–Crippen MR) is 59.6 cm³/mol. The fraction of sp³-hybridized carbons (Fsp3) is 0.333. The average Bonchev–Trinajstić information content (AvgIpc) is 2.14. The molecule has 3 N–H and O–H groups in total. The maximum Gasteiger partial charge on any atom is 0.179 e. The van der Waals surface area contributed by atoms with Gasteiger partial charge in [-0.3, -0.25) is 0 Å². The van der Waals surface area contributed by atoms with E-state index in [1.165, 1.54) is 18.2 Å². The first kappa shape index (κ1) is 12.3. The second-order valence-corrected chi connectivity index (χ2v) is 5.57. The van der Waals surface area contributed by atoms with Crippen molar-refractivity contribution in [2.75, 3.05) is 18.1 Å². The summed E-state index contributed by atoms with van der Waals surface area (Å²) in [5, 5.41) is 8.69. The molecule has 0 spiro atoms. The molecule has 0 saturated heterocycles. The van der Waals surface area contributed by atoms with Gasteiger partial charge in [0.05, 0.1) is 15.7 Å². The molecule has 0 aliphatic carbocycles. The van der Waals surface area contributed by atoms with E-state index >= 15 is 0 Å². The van der Waals surface area contributed by atoms with Crippen LogP contribution in [-0.4, -0.2) is 25.9 Å². The van der Waals surface area contributed by atoms with Crippen molar-refractivity contribution in [3.05, 3.63) is 23.2 Å². The first-order chi connectivity index (χ1) is 6.97. The van der Waals surface area contributed by atoms with Crippen LogP contribution in [-0.2, 0) is 9.84 Å². The van der Waals surface area contributed by atoms with E-state index in [1.54, 1.807) is 0 Å². The van der Waals surface area contributed by atoms with Gasteiger partial charge in [-0.25, -0.2) is 8.42 Å². The Labute approximate surface area is 93.6 Å². The van der Waals surface area contributed by atoms with Crippen molar-refractivity contribution in [2.45, 2.75) is 11.3 Å². The summed E-state index contributed by atoms with van der Waals surface area (Å²) in [5.41, 5.74) is 5.87. The van der Waals surface area contributed by atoms with Crippen molar-refractivity contribution < 1.29 is 13.5 Å². The van der Waals surface area contributed by atoms with Crippen LogP contribution in [0, 0.1) is 0 Å². The highest BCUT2D eigenvalue weighted by Gasteiger charge is 2.17. The maximum absolute atomic E-state index is 11.7. The quantitative estimate of drug-likeness (QED) is 0.783. The summed E-state index contributed by atoms with van der Waals surface area (Å²) < 4.78 is 23.4. The summed E-state index contributed by atoms with van der Waals surface area (Å²) >= 11 is 5.77. The number of nitrogens with two attached hydrogens (primary N) is 1. The molecule has 84 valence electrons. The molecule has 0 heterocycles. The zero-order valence-corrected chi connectivity index (χ0v) is 9.55. The van der Waals surface area contributed by atoms with E-state index in [-0.39, 0.29) is 28.7 Å². The highest BCUT2D eigenvalue weighted by molar-refractivity contribution is 7.91. The number of hydrogen-bond acceptors (Lipinski definition) is 4. The predicted octanol–water partition coefficient (Wildman–Crippen LogP) is 1.08. The maximum atomic E-state index is 11.7. The van der Waals surface area contributed by atoms with Gasteiger partial charge in [0.1, 0.15) is 0 Å². The van der Waals surface area contributed by atoms with Gasteiger partial charge >= 0.3 is 0 Å². The summed E-state index contributed by atoms with van der Waals surface area (Å²) in [6, 6.07) is 4.26. The number of anilines is 1. The molecular formula is C9H12ClNO3S. The molecule has 1 aromatic carbocycles. The lowest BCUT2D eigenvalue weighted by molar-refractivity contribution is 0.295. The van der Waals surface area contributed by atoms with Gasteiger partial charge < -0.3 is 10.8 Å². The normalized spacial score (nSPS) is 11.6. The summed E-state index contributed by atoms with van der Waals surface area (Å²) in [6.07, 6.45) is 0.197. The molecule has 0 radical (unpaired) electrons. The molecule has 0 saturated carbocycles. The third-order valence-electron chi connectivity index (χ3n) is 1.86. The summed E-state index contributed by atoms with van der Waals surface area (Å²) in [6.45, 7) is -0.161. The Morgan fingerprint density at radius 1 is 1.40 bits per heavy atom. The van der Waals surface area contributed by atoms with E-state index in [4.69, 9.17) is 22.4 Å². The Hall–Kier alpha value is -0.780. The molecule has 4 nitrogen and oxygen atoms in total. The number of halogens is 1. The van der Waals surface area contributed by atoms with Gasteiger partial charge in [-0.05, 0) is 24.6 Å². The molecule has 15 heavy (non-hydrogen) atoms. The van der Waals surface area contributed by atoms with Crippen LogP contribution in [0.1, 0.15) is 6.42 Å². The van der Waals surface area contributed by atoms with Gasteiger partial charge in [-0.15, -0.1) is 0 Å². The minimum atomic E-state index is -3.42. The lowest BCUT2D eigenvalue weighted by Gasteiger charge is -2.06. The van der Waals surface area contributed by atoms with Crippen molar-refractivity contribution >= 4 is 27.1 Å². The molecule has 0 fully saturated rings. The number of hydrogen-bond donors (Lipinski definition) is 2. The molecule has 0 atom stereocenters. The summed E-state index contributed by atoms with van der Waals surface area (Å²) in [4.78, 5) is 0.0619. The summed E-state index contributed by atoms with van der Waals surface area (Å²) in [5.74, 6) is -0.118. The SMILES string of the molecule is Nc1ccc(S(=O)(=O)CCCO)c(Cl)c1. The largest absolute Gasteiger partial charge is 0.399 e. The van der Waals surface area contributed by atoms with E-state index in [2.05, 4.69) is 0 Å². The smallest absolute Gasteiger partial charge is 0.179 e. The Morgan fingerprint density at radius 3 is 2.60 bits per heavy atom. The van der Waals surface area contributed by atoms with E-state index in [9.17, 15) is 8.42 Å². The van der Waals surface area contributed by atoms with Crippen molar-refractivity contribution in [2.24, 2.45) is 0 Å². The zero-order chi connectivity index (χ0) is 11.5. The standard InChI is InChI=1S/C9H12ClNO3S/c10-8-6-7(11)2-3-9(8)15(13,14)5-1-4-12/h2-3,6,12H,1,4-5,11H2. The minimum absolute atomic E-state index is 0.0619. The zero-order valence-electron chi connectivity index (χ0n) is 7.98. The number of aliphatic hydroxyl groups excluding tert-OH is 1. The van der Waals surface area contributed by atoms with Gasteiger partial charge in [0.25, 0.3) is 0 Å². The summed E-state index contributed by atoms with van der Waals surface area (Å²) in [7, 11) is -3.42. The highest BCUT2D eigenvalue weighted by Crippen LogP contribution is 2.24. The van der Waals surface area contributed by atoms with Crippen LogP contribution in [0.3, 0.4) is 0 Å². The van der Waals surface area contributed by atoms with Gasteiger partial charge in [0.15, 0.2) is 9.84 Å².